The Morgan fingerprint density at radius 3 is 3.04 bits per heavy atom. The van der Waals surface area contributed by atoms with Crippen molar-refractivity contribution in [3.05, 3.63) is 35.0 Å². The molecule has 0 aliphatic carbocycles. The van der Waals surface area contributed by atoms with Crippen LogP contribution in [0.5, 0.6) is 5.75 Å². The van der Waals surface area contributed by atoms with Gasteiger partial charge in [-0.2, -0.15) is 0 Å². The Morgan fingerprint density at radius 1 is 1.42 bits per heavy atom. The van der Waals surface area contributed by atoms with Gasteiger partial charge in [0.1, 0.15) is 11.3 Å². The van der Waals surface area contributed by atoms with Gasteiger partial charge in [-0.3, -0.25) is 9.78 Å². The maximum atomic E-state index is 11.9. The van der Waals surface area contributed by atoms with Gasteiger partial charge >= 0.3 is 5.97 Å². The first kappa shape index (κ1) is 18.9. The van der Waals surface area contributed by atoms with Gasteiger partial charge in [0, 0.05) is 18.1 Å². The van der Waals surface area contributed by atoms with E-state index in [2.05, 4.69) is 15.6 Å². The average molecular weight is 378 g/mol. The van der Waals surface area contributed by atoms with E-state index in [-0.39, 0.29) is 0 Å². The molecule has 26 heavy (non-hydrogen) atoms. The molecule has 1 aliphatic heterocycles. The summed E-state index contributed by atoms with van der Waals surface area (Å²) in [6.45, 7) is 2.09. The number of nitrogens with one attached hydrogen (secondary N) is 2. The average Bonchev–Trinajstić information content (AvgIpc) is 2.90. The minimum absolute atomic E-state index is 0.530. The number of pyridine rings is 1. The van der Waals surface area contributed by atoms with Gasteiger partial charge in [-0.1, -0.05) is 11.6 Å². The molecule has 2 heterocycles. The molecular formula is C19H24ClN3O3. The first-order valence-corrected chi connectivity index (χ1v) is 9.24. The van der Waals surface area contributed by atoms with Crippen LogP contribution in [-0.2, 0) is 11.2 Å². The fourth-order valence-corrected chi connectivity index (χ4v) is 3.79. The fourth-order valence-electron chi connectivity index (χ4n) is 3.54. The normalized spacial score (nSPS) is 20.7. The van der Waals surface area contributed by atoms with E-state index >= 15 is 0 Å². The first-order valence-electron chi connectivity index (χ1n) is 8.86. The summed E-state index contributed by atoms with van der Waals surface area (Å²) in [6, 6.07) is 5.69. The van der Waals surface area contributed by atoms with Crippen LogP contribution in [-0.4, -0.2) is 48.3 Å². The monoisotopic (exact) mass is 377 g/mol. The van der Waals surface area contributed by atoms with Gasteiger partial charge in [0.2, 0.25) is 0 Å². The Hall–Kier alpha value is -1.89. The number of aromatic nitrogens is 1. The number of rotatable bonds is 6. The quantitative estimate of drug-likeness (QED) is 0.717. The number of fused-ring (bicyclic) bond motifs is 1. The van der Waals surface area contributed by atoms with Crippen molar-refractivity contribution in [1.82, 2.24) is 15.6 Å². The van der Waals surface area contributed by atoms with Crippen molar-refractivity contribution in [3.63, 3.8) is 0 Å². The minimum atomic E-state index is -0.878. The van der Waals surface area contributed by atoms with Gasteiger partial charge in [0.15, 0.2) is 0 Å². The molecule has 2 aromatic rings. The van der Waals surface area contributed by atoms with Gasteiger partial charge in [-0.05, 0) is 62.5 Å². The number of hydrogen-bond donors (Lipinski definition) is 3. The summed E-state index contributed by atoms with van der Waals surface area (Å²) >= 11 is 6.39. The van der Waals surface area contributed by atoms with E-state index in [1.807, 2.05) is 18.2 Å². The third-order valence-electron chi connectivity index (χ3n) is 5.07. The van der Waals surface area contributed by atoms with Crippen LogP contribution in [0.1, 0.15) is 24.8 Å². The molecule has 1 fully saturated rings. The zero-order chi connectivity index (χ0) is 18.6. The molecule has 3 N–H and O–H groups in total. The van der Waals surface area contributed by atoms with Crippen LogP contribution in [0.25, 0.3) is 10.9 Å². The summed E-state index contributed by atoms with van der Waals surface area (Å²) in [6.07, 6.45) is 4.30. The van der Waals surface area contributed by atoms with E-state index < -0.39 is 11.5 Å². The molecule has 6 nitrogen and oxygen atoms in total. The summed E-state index contributed by atoms with van der Waals surface area (Å²) in [5.41, 5.74) is 0.920. The summed E-state index contributed by atoms with van der Waals surface area (Å²) in [5.74, 6) is -0.0406. The molecule has 1 unspecified atom stereocenters. The Balaban J connectivity index is 1.80. The molecule has 7 heteroatoms. The van der Waals surface area contributed by atoms with E-state index in [1.165, 1.54) is 0 Å². The topological polar surface area (TPSA) is 83.5 Å². The Labute approximate surface area is 157 Å². The predicted octanol–water partition coefficient (Wildman–Crippen LogP) is 2.63. The maximum Gasteiger partial charge on any atom is 0.323 e. The van der Waals surface area contributed by atoms with Crippen LogP contribution >= 0.6 is 11.6 Å². The van der Waals surface area contributed by atoms with Crippen molar-refractivity contribution in [2.45, 2.75) is 31.2 Å². The van der Waals surface area contributed by atoms with Crippen LogP contribution in [0.15, 0.2) is 24.4 Å². The summed E-state index contributed by atoms with van der Waals surface area (Å²) in [5, 5.41) is 17.8. The van der Waals surface area contributed by atoms with E-state index in [4.69, 9.17) is 16.3 Å². The van der Waals surface area contributed by atoms with Crippen LogP contribution in [0.2, 0.25) is 5.02 Å². The second-order valence-electron chi connectivity index (χ2n) is 6.64. The van der Waals surface area contributed by atoms with E-state index in [9.17, 15) is 9.90 Å². The molecule has 0 spiro atoms. The highest BCUT2D eigenvalue weighted by molar-refractivity contribution is 6.32. The molecule has 1 aliphatic rings. The lowest BCUT2D eigenvalue weighted by atomic mass is 9.90. The maximum absolute atomic E-state index is 11.9. The van der Waals surface area contributed by atoms with E-state index in [0.717, 1.165) is 35.2 Å². The predicted molar refractivity (Wildman–Crippen MR) is 102 cm³/mol. The molecule has 1 atom stereocenters. The van der Waals surface area contributed by atoms with E-state index in [1.54, 1.807) is 13.3 Å². The molecule has 0 radical (unpaired) electrons. The van der Waals surface area contributed by atoms with Gasteiger partial charge in [-0.15, -0.1) is 0 Å². The Kier molecular flexibility index (Phi) is 5.96. The van der Waals surface area contributed by atoms with Gasteiger partial charge < -0.3 is 20.5 Å². The number of carbonyl (C=O) groups is 1. The smallest absolute Gasteiger partial charge is 0.323 e. The number of hydrogen-bond acceptors (Lipinski definition) is 5. The number of halogens is 1. The van der Waals surface area contributed by atoms with Gasteiger partial charge in [0.25, 0.3) is 0 Å². The lowest BCUT2D eigenvalue weighted by Gasteiger charge is -2.29. The molecule has 1 aromatic heterocycles. The lowest BCUT2D eigenvalue weighted by Crippen LogP contribution is -2.53. The number of carboxylic acids is 1. The third-order valence-corrected chi connectivity index (χ3v) is 5.39. The zero-order valence-electron chi connectivity index (χ0n) is 14.8. The van der Waals surface area contributed by atoms with Gasteiger partial charge in [0.05, 0.1) is 17.6 Å². The number of benzene rings is 1. The SMILES string of the molecule is COc1ccc2ncc(Cl)c(CCNC3(C(=O)O)CCCNCC3)c2c1. The second kappa shape index (κ2) is 8.20. The van der Waals surface area contributed by atoms with Crippen LogP contribution in [0.4, 0.5) is 0 Å². The van der Waals surface area contributed by atoms with Crippen molar-refractivity contribution >= 4 is 28.5 Å². The lowest BCUT2D eigenvalue weighted by molar-refractivity contribution is -0.145. The molecule has 0 bridgehead atoms. The highest BCUT2D eigenvalue weighted by Crippen LogP contribution is 2.28. The van der Waals surface area contributed by atoms with Crippen LogP contribution in [0.3, 0.4) is 0 Å². The molecule has 1 saturated heterocycles. The first-order chi connectivity index (χ1) is 12.6. The van der Waals surface area contributed by atoms with Crippen molar-refractivity contribution in [2.24, 2.45) is 0 Å². The summed E-state index contributed by atoms with van der Waals surface area (Å²) in [7, 11) is 1.62. The molecule has 1 aromatic carbocycles. The van der Waals surface area contributed by atoms with Crippen molar-refractivity contribution in [2.75, 3.05) is 26.7 Å². The van der Waals surface area contributed by atoms with Crippen LogP contribution in [0, 0.1) is 0 Å². The summed E-state index contributed by atoms with van der Waals surface area (Å²) in [4.78, 5) is 16.3. The summed E-state index contributed by atoms with van der Waals surface area (Å²) < 4.78 is 5.31. The number of methoxy groups -OCH3 is 1. The molecular weight excluding hydrogens is 354 g/mol. The Morgan fingerprint density at radius 2 is 2.27 bits per heavy atom. The third kappa shape index (κ3) is 3.92. The van der Waals surface area contributed by atoms with Crippen molar-refractivity contribution in [1.29, 1.82) is 0 Å². The van der Waals surface area contributed by atoms with E-state index in [0.29, 0.717) is 37.4 Å². The molecule has 3 rings (SSSR count). The van der Waals surface area contributed by atoms with Crippen molar-refractivity contribution in [3.8, 4) is 5.75 Å². The number of aliphatic carboxylic acids is 1. The minimum Gasteiger partial charge on any atom is -0.497 e. The molecule has 140 valence electrons. The molecule has 0 saturated carbocycles. The van der Waals surface area contributed by atoms with Crippen LogP contribution < -0.4 is 15.4 Å². The highest BCUT2D eigenvalue weighted by atomic mass is 35.5. The highest BCUT2D eigenvalue weighted by Gasteiger charge is 2.37. The standard InChI is InChI=1S/C19H24ClN3O3/c1-26-13-3-4-17-15(11-13)14(16(20)12-22-17)5-9-23-19(18(24)25)6-2-8-21-10-7-19/h3-4,11-12,21,23H,2,5-10H2,1H3,(H,24,25). The van der Waals surface area contributed by atoms with Crippen molar-refractivity contribution < 1.29 is 14.6 Å². The Bertz CT molecular complexity index is 789. The zero-order valence-corrected chi connectivity index (χ0v) is 15.6. The number of ether oxygens (including phenoxy) is 1. The largest absolute Gasteiger partial charge is 0.497 e. The number of carboxylic acid groups (broad SMARTS) is 1. The second-order valence-corrected chi connectivity index (χ2v) is 7.04. The number of nitrogens with zero attached hydrogens (tertiary/aromatic N) is 1. The molecule has 0 amide bonds. The van der Waals surface area contributed by atoms with Gasteiger partial charge in [-0.25, -0.2) is 0 Å². The fraction of sp³-hybridized carbons (Fsp3) is 0.474.